The summed E-state index contributed by atoms with van der Waals surface area (Å²) in [6.07, 6.45) is 3.20. The lowest BCUT2D eigenvalue weighted by molar-refractivity contribution is 0.601. The fourth-order valence-corrected chi connectivity index (χ4v) is 3.82. The Bertz CT molecular complexity index is 1000. The summed E-state index contributed by atoms with van der Waals surface area (Å²) in [6.45, 7) is 0. The van der Waals surface area contributed by atoms with Crippen molar-refractivity contribution in [1.29, 1.82) is 0 Å². The number of pyridine rings is 1. The lowest BCUT2D eigenvalue weighted by Gasteiger charge is -2.09. The molecule has 0 spiro atoms. The average Bonchev–Trinajstić information content (AvgIpc) is 2.54. The van der Waals surface area contributed by atoms with E-state index in [1.54, 1.807) is 54.9 Å². The third kappa shape index (κ3) is 3.40. The highest BCUT2D eigenvalue weighted by Crippen LogP contribution is 2.21. The van der Waals surface area contributed by atoms with Crippen LogP contribution in [0.5, 0.6) is 0 Å². The maximum absolute atomic E-state index is 12.5. The molecular formula is C16H14N2O3S2. The summed E-state index contributed by atoms with van der Waals surface area (Å²) in [6, 6.07) is 14.9. The molecule has 1 atom stereocenters. The molecule has 0 amide bonds. The molecule has 118 valence electrons. The lowest BCUT2D eigenvalue weighted by Crippen LogP contribution is -2.13. The molecule has 0 aliphatic heterocycles. The number of fused-ring (bicyclic) bond motifs is 1. The summed E-state index contributed by atoms with van der Waals surface area (Å²) < 4.78 is 39.1. The number of aromatic nitrogens is 1. The molecular weight excluding hydrogens is 332 g/mol. The van der Waals surface area contributed by atoms with Crippen LogP contribution < -0.4 is 4.72 Å². The number of anilines is 1. The zero-order valence-electron chi connectivity index (χ0n) is 12.3. The smallest absolute Gasteiger partial charge is 0.261 e. The van der Waals surface area contributed by atoms with Crippen LogP contribution in [0.25, 0.3) is 10.9 Å². The van der Waals surface area contributed by atoms with Gasteiger partial charge in [-0.1, -0.05) is 12.1 Å². The number of sulfonamides is 1. The first-order chi connectivity index (χ1) is 11.0. The van der Waals surface area contributed by atoms with E-state index in [0.717, 1.165) is 10.9 Å². The van der Waals surface area contributed by atoms with Crippen molar-refractivity contribution in [2.24, 2.45) is 0 Å². The second kappa shape index (κ2) is 6.10. The molecule has 0 saturated heterocycles. The Labute approximate surface area is 136 Å². The van der Waals surface area contributed by atoms with Crippen molar-refractivity contribution in [3.8, 4) is 0 Å². The monoisotopic (exact) mass is 346 g/mol. The van der Waals surface area contributed by atoms with Crippen molar-refractivity contribution >= 4 is 37.4 Å². The van der Waals surface area contributed by atoms with Gasteiger partial charge in [0.25, 0.3) is 10.0 Å². The van der Waals surface area contributed by atoms with Gasteiger partial charge < -0.3 is 0 Å². The predicted molar refractivity (Wildman–Crippen MR) is 91.3 cm³/mol. The summed E-state index contributed by atoms with van der Waals surface area (Å²) >= 11 is 0. The summed E-state index contributed by atoms with van der Waals surface area (Å²) in [5.74, 6) is 0. The number of hydrogen-bond acceptors (Lipinski definition) is 4. The standard InChI is InChI=1S/C16H14N2O3S2/c1-22(19)14-6-2-5-13(11-14)18-23(20,21)15-7-8-16-12(10-15)4-3-9-17-16/h2-11,18H,1H3. The Morgan fingerprint density at radius 1 is 1.04 bits per heavy atom. The molecule has 1 heterocycles. The van der Waals surface area contributed by atoms with E-state index < -0.39 is 20.8 Å². The number of nitrogens with one attached hydrogen (secondary N) is 1. The molecule has 7 heteroatoms. The van der Waals surface area contributed by atoms with Gasteiger partial charge in [0.2, 0.25) is 0 Å². The van der Waals surface area contributed by atoms with Crippen LogP contribution in [-0.2, 0) is 20.8 Å². The molecule has 0 radical (unpaired) electrons. The number of nitrogens with zero attached hydrogens (tertiary/aromatic N) is 1. The second-order valence-electron chi connectivity index (χ2n) is 4.95. The van der Waals surface area contributed by atoms with E-state index in [1.165, 1.54) is 6.07 Å². The van der Waals surface area contributed by atoms with Crippen molar-refractivity contribution in [3.63, 3.8) is 0 Å². The molecule has 1 unspecified atom stereocenters. The first-order valence-electron chi connectivity index (χ1n) is 6.77. The molecule has 1 N–H and O–H groups in total. The number of benzene rings is 2. The third-order valence-electron chi connectivity index (χ3n) is 3.30. The van der Waals surface area contributed by atoms with Crippen molar-refractivity contribution in [3.05, 3.63) is 60.8 Å². The zero-order valence-corrected chi connectivity index (χ0v) is 13.9. The van der Waals surface area contributed by atoms with Gasteiger partial charge in [0, 0.05) is 33.5 Å². The fourth-order valence-electron chi connectivity index (χ4n) is 2.17. The van der Waals surface area contributed by atoms with Gasteiger partial charge in [0.05, 0.1) is 16.1 Å². The van der Waals surface area contributed by atoms with E-state index in [1.807, 2.05) is 6.07 Å². The summed E-state index contributed by atoms with van der Waals surface area (Å²) in [5.41, 5.74) is 1.11. The number of hydrogen-bond donors (Lipinski definition) is 1. The topological polar surface area (TPSA) is 76.1 Å². The first kappa shape index (κ1) is 15.6. The molecule has 0 aliphatic carbocycles. The first-order valence-corrected chi connectivity index (χ1v) is 9.81. The third-order valence-corrected chi connectivity index (χ3v) is 5.60. The van der Waals surface area contributed by atoms with E-state index in [2.05, 4.69) is 9.71 Å². The Hall–Kier alpha value is -2.25. The quantitative estimate of drug-likeness (QED) is 0.788. The summed E-state index contributed by atoms with van der Waals surface area (Å²) in [5, 5.41) is 0.749. The minimum absolute atomic E-state index is 0.154. The van der Waals surface area contributed by atoms with E-state index in [0.29, 0.717) is 10.6 Å². The van der Waals surface area contributed by atoms with Crippen molar-refractivity contribution < 1.29 is 12.6 Å². The SMILES string of the molecule is CS(=O)c1cccc(NS(=O)(=O)c2ccc3ncccc3c2)c1. The van der Waals surface area contributed by atoms with Gasteiger partial charge in [-0.25, -0.2) is 8.42 Å². The maximum atomic E-state index is 12.5. The minimum atomic E-state index is -3.72. The molecule has 0 bridgehead atoms. The van der Waals surface area contributed by atoms with Gasteiger partial charge in [0.1, 0.15) is 0 Å². The Balaban J connectivity index is 1.97. The molecule has 23 heavy (non-hydrogen) atoms. The lowest BCUT2D eigenvalue weighted by atomic mass is 10.2. The highest BCUT2D eigenvalue weighted by molar-refractivity contribution is 7.92. The van der Waals surface area contributed by atoms with Crippen LogP contribution >= 0.6 is 0 Å². The van der Waals surface area contributed by atoms with Gasteiger partial charge in [-0.05, 0) is 42.5 Å². The molecule has 3 aromatic rings. The van der Waals surface area contributed by atoms with Gasteiger partial charge >= 0.3 is 0 Å². The van der Waals surface area contributed by atoms with E-state index in [9.17, 15) is 12.6 Å². The molecule has 0 aliphatic rings. The largest absolute Gasteiger partial charge is 0.280 e. The van der Waals surface area contributed by atoms with E-state index >= 15 is 0 Å². The van der Waals surface area contributed by atoms with Crippen LogP contribution in [0, 0.1) is 0 Å². The highest BCUT2D eigenvalue weighted by Gasteiger charge is 2.15. The van der Waals surface area contributed by atoms with Crippen molar-refractivity contribution in [1.82, 2.24) is 4.98 Å². The minimum Gasteiger partial charge on any atom is -0.280 e. The van der Waals surface area contributed by atoms with Gasteiger partial charge in [-0.2, -0.15) is 0 Å². The molecule has 0 fully saturated rings. The van der Waals surface area contributed by atoms with Crippen LogP contribution in [0.1, 0.15) is 0 Å². The summed E-state index contributed by atoms with van der Waals surface area (Å²) in [7, 11) is -4.90. The van der Waals surface area contributed by atoms with Gasteiger partial charge in [0.15, 0.2) is 0 Å². The maximum Gasteiger partial charge on any atom is 0.261 e. The van der Waals surface area contributed by atoms with Gasteiger partial charge in [-0.15, -0.1) is 0 Å². The fraction of sp³-hybridized carbons (Fsp3) is 0.0625. The normalized spacial score (nSPS) is 12.9. The van der Waals surface area contributed by atoms with E-state index in [4.69, 9.17) is 0 Å². The van der Waals surface area contributed by atoms with Crippen molar-refractivity contribution in [2.75, 3.05) is 11.0 Å². The number of rotatable bonds is 4. The molecule has 1 aromatic heterocycles. The summed E-state index contributed by atoms with van der Waals surface area (Å²) in [4.78, 5) is 4.89. The average molecular weight is 346 g/mol. The zero-order chi connectivity index (χ0) is 16.4. The van der Waals surface area contributed by atoms with Crippen LogP contribution in [0.3, 0.4) is 0 Å². The molecule has 0 saturated carbocycles. The van der Waals surface area contributed by atoms with Crippen LogP contribution in [-0.4, -0.2) is 23.9 Å². The highest BCUT2D eigenvalue weighted by atomic mass is 32.2. The second-order valence-corrected chi connectivity index (χ2v) is 8.01. The predicted octanol–water partition coefficient (Wildman–Crippen LogP) is 2.77. The van der Waals surface area contributed by atoms with Crippen molar-refractivity contribution in [2.45, 2.75) is 9.79 Å². The Morgan fingerprint density at radius 3 is 2.65 bits per heavy atom. The molecule has 3 rings (SSSR count). The van der Waals surface area contributed by atoms with Crippen LogP contribution in [0.15, 0.2) is 70.6 Å². The molecule has 5 nitrogen and oxygen atoms in total. The van der Waals surface area contributed by atoms with Gasteiger partial charge in [-0.3, -0.25) is 13.9 Å². The van der Waals surface area contributed by atoms with Crippen LogP contribution in [0.4, 0.5) is 5.69 Å². The van der Waals surface area contributed by atoms with E-state index in [-0.39, 0.29) is 4.90 Å². The Kier molecular flexibility index (Phi) is 4.14. The molecule has 2 aromatic carbocycles. The Morgan fingerprint density at radius 2 is 1.87 bits per heavy atom. The van der Waals surface area contributed by atoms with Crippen LogP contribution in [0.2, 0.25) is 0 Å².